The van der Waals surface area contributed by atoms with Crippen LogP contribution in [0.1, 0.15) is 19.8 Å². The van der Waals surface area contributed by atoms with Crippen molar-refractivity contribution in [3.05, 3.63) is 12.2 Å². The number of nitrogens with one attached hydrogen (secondary N) is 1. The summed E-state index contributed by atoms with van der Waals surface area (Å²) in [6.45, 7) is 4.78. The van der Waals surface area contributed by atoms with Crippen LogP contribution in [0, 0.1) is 5.92 Å². The molecule has 1 saturated heterocycles. The molecule has 1 amide bonds. The standard InChI is InChI=1S/C11H18N2O/c1-9-8-12-6-7-13(9)11(14)5-4-10-2-3-10/h4-5,9-10,12H,2-3,6-8H2,1H3/b5-4+/t9-/m0/s1. The quantitative estimate of drug-likeness (QED) is 0.659. The molecule has 0 aromatic rings. The number of nitrogens with zero attached hydrogens (tertiary/aromatic N) is 1. The third kappa shape index (κ3) is 2.35. The van der Waals surface area contributed by atoms with Gasteiger partial charge in [-0.3, -0.25) is 4.79 Å². The molecule has 2 fully saturated rings. The van der Waals surface area contributed by atoms with Gasteiger partial charge in [-0.05, 0) is 31.8 Å². The van der Waals surface area contributed by atoms with Gasteiger partial charge in [-0.15, -0.1) is 0 Å². The summed E-state index contributed by atoms with van der Waals surface area (Å²) in [6.07, 6.45) is 6.36. The van der Waals surface area contributed by atoms with Crippen molar-refractivity contribution >= 4 is 5.91 Å². The predicted octanol–water partition coefficient (Wildman–Crippen LogP) is 0.773. The second-order valence-corrected chi connectivity index (χ2v) is 4.28. The van der Waals surface area contributed by atoms with Crippen LogP contribution < -0.4 is 5.32 Å². The van der Waals surface area contributed by atoms with Crippen LogP contribution in [-0.4, -0.2) is 36.5 Å². The van der Waals surface area contributed by atoms with E-state index in [2.05, 4.69) is 18.3 Å². The molecule has 1 aliphatic carbocycles. The molecule has 0 aromatic heterocycles. The van der Waals surface area contributed by atoms with Gasteiger partial charge in [0.1, 0.15) is 0 Å². The zero-order valence-corrected chi connectivity index (χ0v) is 8.70. The number of piperazine rings is 1. The van der Waals surface area contributed by atoms with Gasteiger partial charge in [0.2, 0.25) is 5.91 Å². The van der Waals surface area contributed by atoms with E-state index in [-0.39, 0.29) is 5.91 Å². The van der Waals surface area contributed by atoms with Gasteiger partial charge in [-0.25, -0.2) is 0 Å². The summed E-state index contributed by atoms with van der Waals surface area (Å²) >= 11 is 0. The predicted molar refractivity (Wildman–Crippen MR) is 55.9 cm³/mol. The second-order valence-electron chi connectivity index (χ2n) is 4.28. The molecule has 14 heavy (non-hydrogen) atoms. The van der Waals surface area contributed by atoms with E-state index in [1.54, 1.807) is 6.08 Å². The van der Waals surface area contributed by atoms with E-state index in [4.69, 9.17) is 0 Å². The van der Waals surface area contributed by atoms with E-state index in [0.717, 1.165) is 19.6 Å². The summed E-state index contributed by atoms with van der Waals surface area (Å²) in [6, 6.07) is 0.333. The highest BCUT2D eigenvalue weighted by Crippen LogP contribution is 2.30. The number of hydrogen-bond acceptors (Lipinski definition) is 2. The van der Waals surface area contributed by atoms with Crippen molar-refractivity contribution < 1.29 is 4.79 Å². The molecule has 0 radical (unpaired) electrons. The molecule has 2 aliphatic rings. The molecule has 3 heteroatoms. The first kappa shape index (κ1) is 9.71. The normalized spacial score (nSPS) is 28.4. The first-order valence-corrected chi connectivity index (χ1v) is 5.47. The van der Waals surface area contributed by atoms with Crippen molar-refractivity contribution in [1.29, 1.82) is 0 Å². The van der Waals surface area contributed by atoms with Gasteiger partial charge in [0.15, 0.2) is 0 Å². The van der Waals surface area contributed by atoms with Gasteiger partial charge in [0.25, 0.3) is 0 Å². The highest BCUT2D eigenvalue weighted by Gasteiger charge is 2.22. The van der Waals surface area contributed by atoms with Crippen molar-refractivity contribution in [3.63, 3.8) is 0 Å². The van der Waals surface area contributed by atoms with Gasteiger partial charge in [0, 0.05) is 25.7 Å². The minimum absolute atomic E-state index is 0.186. The van der Waals surface area contributed by atoms with Crippen LogP contribution in [0.4, 0.5) is 0 Å². The fraction of sp³-hybridized carbons (Fsp3) is 0.727. The average molecular weight is 194 g/mol. The van der Waals surface area contributed by atoms with Gasteiger partial charge in [-0.2, -0.15) is 0 Å². The number of carbonyl (C=O) groups excluding carboxylic acids is 1. The van der Waals surface area contributed by atoms with Crippen molar-refractivity contribution in [3.8, 4) is 0 Å². The summed E-state index contributed by atoms with van der Waals surface area (Å²) in [5, 5.41) is 3.28. The van der Waals surface area contributed by atoms with Crippen molar-refractivity contribution in [2.45, 2.75) is 25.8 Å². The van der Waals surface area contributed by atoms with Crippen LogP contribution in [0.15, 0.2) is 12.2 Å². The summed E-state index contributed by atoms with van der Waals surface area (Å²) < 4.78 is 0. The highest BCUT2D eigenvalue weighted by molar-refractivity contribution is 5.88. The second kappa shape index (κ2) is 4.13. The van der Waals surface area contributed by atoms with E-state index in [9.17, 15) is 4.79 Å². The van der Waals surface area contributed by atoms with E-state index in [1.807, 2.05) is 4.90 Å². The Balaban J connectivity index is 1.88. The Kier molecular flexibility index (Phi) is 2.87. The van der Waals surface area contributed by atoms with Crippen LogP contribution in [0.5, 0.6) is 0 Å². The number of amides is 1. The van der Waals surface area contributed by atoms with E-state index in [1.165, 1.54) is 12.8 Å². The lowest BCUT2D eigenvalue weighted by Gasteiger charge is -2.33. The molecular formula is C11H18N2O. The Labute approximate surface area is 85.2 Å². The molecule has 0 bridgehead atoms. The Morgan fingerprint density at radius 1 is 1.50 bits per heavy atom. The Morgan fingerprint density at radius 3 is 2.93 bits per heavy atom. The van der Waals surface area contributed by atoms with E-state index in [0.29, 0.717) is 12.0 Å². The smallest absolute Gasteiger partial charge is 0.246 e. The first-order valence-electron chi connectivity index (χ1n) is 5.47. The maximum atomic E-state index is 11.8. The largest absolute Gasteiger partial charge is 0.334 e. The maximum absolute atomic E-state index is 11.8. The van der Waals surface area contributed by atoms with Crippen LogP contribution in [-0.2, 0) is 4.79 Å². The molecule has 1 atom stereocenters. The molecule has 0 spiro atoms. The lowest BCUT2D eigenvalue weighted by Crippen LogP contribution is -2.51. The molecular weight excluding hydrogens is 176 g/mol. The lowest BCUT2D eigenvalue weighted by atomic mass is 10.2. The minimum atomic E-state index is 0.186. The van der Waals surface area contributed by atoms with Gasteiger partial charge >= 0.3 is 0 Å². The summed E-state index contributed by atoms with van der Waals surface area (Å²) in [5.41, 5.74) is 0. The first-order chi connectivity index (χ1) is 6.77. The fourth-order valence-electron chi connectivity index (χ4n) is 1.77. The number of carbonyl (C=O) groups is 1. The fourth-order valence-corrected chi connectivity index (χ4v) is 1.77. The summed E-state index contributed by atoms with van der Waals surface area (Å²) in [5.74, 6) is 0.878. The lowest BCUT2D eigenvalue weighted by molar-refractivity contribution is -0.128. The molecule has 1 aliphatic heterocycles. The Morgan fingerprint density at radius 2 is 2.29 bits per heavy atom. The number of allylic oxidation sites excluding steroid dienone is 1. The molecule has 78 valence electrons. The highest BCUT2D eigenvalue weighted by atomic mass is 16.2. The van der Waals surface area contributed by atoms with Crippen LogP contribution in [0.3, 0.4) is 0 Å². The SMILES string of the molecule is C[C@H]1CNCCN1C(=O)/C=C/C1CC1. The topological polar surface area (TPSA) is 32.3 Å². The Bertz CT molecular complexity index is 246. The molecule has 0 aromatic carbocycles. The zero-order chi connectivity index (χ0) is 9.97. The molecule has 0 unspecified atom stereocenters. The molecule has 1 heterocycles. The minimum Gasteiger partial charge on any atom is -0.334 e. The number of rotatable bonds is 2. The third-order valence-electron chi connectivity index (χ3n) is 2.92. The van der Waals surface area contributed by atoms with Crippen LogP contribution in [0.2, 0.25) is 0 Å². The summed E-state index contributed by atoms with van der Waals surface area (Å²) in [4.78, 5) is 13.7. The zero-order valence-electron chi connectivity index (χ0n) is 8.70. The van der Waals surface area contributed by atoms with Gasteiger partial charge < -0.3 is 10.2 Å². The number of hydrogen-bond donors (Lipinski definition) is 1. The molecule has 3 nitrogen and oxygen atoms in total. The van der Waals surface area contributed by atoms with Crippen molar-refractivity contribution in [2.24, 2.45) is 5.92 Å². The molecule has 1 saturated carbocycles. The third-order valence-corrected chi connectivity index (χ3v) is 2.92. The van der Waals surface area contributed by atoms with Crippen molar-refractivity contribution in [2.75, 3.05) is 19.6 Å². The maximum Gasteiger partial charge on any atom is 0.246 e. The monoisotopic (exact) mass is 194 g/mol. The van der Waals surface area contributed by atoms with E-state index < -0.39 is 0 Å². The van der Waals surface area contributed by atoms with Crippen LogP contribution in [0.25, 0.3) is 0 Å². The average Bonchev–Trinajstić information content (AvgIpc) is 2.98. The van der Waals surface area contributed by atoms with Gasteiger partial charge in [-0.1, -0.05) is 6.08 Å². The van der Waals surface area contributed by atoms with E-state index >= 15 is 0 Å². The summed E-state index contributed by atoms with van der Waals surface area (Å²) in [7, 11) is 0. The molecule has 1 N–H and O–H groups in total. The van der Waals surface area contributed by atoms with Crippen molar-refractivity contribution in [1.82, 2.24) is 10.2 Å². The van der Waals surface area contributed by atoms with Crippen LogP contribution >= 0.6 is 0 Å². The molecule has 2 rings (SSSR count). The Hall–Kier alpha value is -0.830. The van der Waals surface area contributed by atoms with Gasteiger partial charge in [0.05, 0.1) is 0 Å².